The molecule has 0 aliphatic carbocycles. The van der Waals surface area contributed by atoms with Crippen LogP contribution < -0.4 is 0 Å². The van der Waals surface area contributed by atoms with E-state index in [0.717, 1.165) is 82.9 Å². The van der Waals surface area contributed by atoms with Crippen LogP contribution in [0.2, 0.25) is 0 Å². The summed E-state index contributed by atoms with van der Waals surface area (Å²) in [6.07, 6.45) is 3.92. The van der Waals surface area contributed by atoms with Crippen molar-refractivity contribution in [3.8, 4) is 67.0 Å². The first-order valence-electron chi connectivity index (χ1n) is 18.2. The first-order chi connectivity index (χ1) is 26.7. The molecule has 0 aliphatic heterocycles. The Bertz CT molecular complexity index is 2950. The van der Waals surface area contributed by atoms with Gasteiger partial charge in [0.2, 0.25) is 0 Å². The molecule has 0 amide bonds. The molecule has 0 atom stereocenters. The van der Waals surface area contributed by atoms with Crippen molar-refractivity contribution in [3.05, 3.63) is 200 Å². The SMILES string of the molecule is c1ccc(-c2cc(-c3ccccc3)c3cc(-c4ccc(-c5cnc6ccccc6c5)cc4)nc(-c4ccc(-c5cnc6ccccc6c5)cc4)c3c2)cc1. The molecule has 0 unspecified atom stereocenters. The zero-order valence-corrected chi connectivity index (χ0v) is 29.4. The van der Waals surface area contributed by atoms with E-state index in [1.165, 1.54) is 16.7 Å². The summed E-state index contributed by atoms with van der Waals surface area (Å²) in [4.78, 5) is 14.9. The molecule has 0 aliphatic rings. The Morgan fingerprint density at radius 1 is 0.296 bits per heavy atom. The van der Waals surface area contributed by atoms with E-state index in [4.69, 9.17) is 15.0 Å². The highest BCUT2D eigenvalue weighted by atomic mass is 14.7. The summed E-state index contributed by atoms with van der Waals surface area (Å²) in [5.41, 5.74) is 15.1. The molecule has 3 aromatic heterocycles. The third kappa shape index (κ3) is 5.88. The van der Waals surface area contributed by atoms with Gasteiger partial charge in [0.15, 0.2) is 0 Å². The highest BCUT2D eigenvalue weighted by molar-refractivity contribution is 6.07. The first kappa shape index (κ1) is 31.5. The van der Waals surface area contributed by atoms with Crippen molar-refractivity contribution in [1.29, 1.82) is 0 Å². The molecular formula is C51H33N3. The second-order valence-electron chi connectivity index (χ2n) is 13.7. The number of aromatic nitrogens is 3. The molecule has 0 saturated heterocycles. The number of para-hydroxylation sites is 2. The van der Waals surface area contributed by atoms with Gasteiger partial charge in [0.1, 0.15) is 0 Å². The van der Waals surface area contributed by atoms with Crippen LogP contribution in [0, 0.1) is 0 Å². The number of nitrogens with zero attached hydrogens (tertiary/aromatic N) is 3. The quantitative estimate of drug-likeness (QED) is 0.175. The van der Waals surface area contributed by atoms with Crippen molar-refractivity contribution in [2.45, 2.75) is 0 Å². The molecule has 10 aromatic rings. The molecule has 0 spiro atoms. The van der Waals surface area contributed by atoms with Gasteiger partial charge in [-0.2, -0.15) is 0 Å². The van der Waals surface area contributed by atoms with E-state index in [1.807, 2.05) is 36.7 Å². The van der Waals surface area contributed by atoms with Crippen molar-refractivity contribution in [2.24, 2.45) is 0 Å². The van der Waals surface area contributed by atoms with Crippen LogP contribution in [-0.4, -0.2) is 15.0 Å². The topological polar surface area (TPSA) is 38.7 Å². The largest absolute Gasteiger partial charge is 0.256 e. The zero-order valence-electron chi connectivity index (χ0n) is 29.4. The van der Waals surface area contributed by atoms with E-state index < -0.39 is 0 Å². The number of pyridine rings is 3. The number of rotatable bonds is 6. The fourth-order valence-corrected chi connectivity index (χ4v) is 7.49. The van der Waals surface area contributed by atoms with Crippen LogP contribution in [0.15, 0.2) is 200 Å². The third-order valence-corrected chi connectivity index (χ3v) is 10.3. The fourth-order valence-electron chi connectivity index (χ4n) is 7.49. The Labute approximate surface area is 313 Å². The van der Waals surface area contributed by atoms with Crippen molar-refractivity contribution in [1.82, 2.24) is 15.0 Å². The zero-order chi connectivity index (χ0) is 35.8. The Balaban J connectivity index is 1.15. The maximum atomic E-state index is 5.47. The lowest BCUT2D eigenvalue weighted by molar-refractivity contribution is 1.35. The van der Waals surface area contributed by atoms with Gasteiger partial charge in [0.25, 0.3) is 0 Å². The summed E-state index contributed by atoms with van der Waals surface area (Å²) in [5.74, 6) is 0. The average molecular weight is 688 g/mol. The molecule has 0 bridgehead atoms. The molecule has 0 N–H and O–H groups in total. The summed E-state index contributed by atoms with van der Waals surface area (Å²) in [7, 11) is 0. The van der Waals surface area contributed by atoms with Crippen LogP contribution in [0.1, 0.15) is 0 Å². The van der Waals surface area contributed by atoms with E-state index in [9.17, 15) is 0 Å². The maximum absolute atomic E-state index is 5.47. The number of hydrogen-bond donors (Lipinski definition) is 0. The molecule has 252 valence electrons. The molecule has 7 aromatic carbocycles. The van der Waals surface area contributed by atoms with Gasteiger partial charge in [0, 0.05) is 50.8 Å². The predicted octanol–water partition coefficient (Wildman–Crippen LogP) is 13.3. The van der Waals surface area contributed by atoms with E-state index >= 15 is 0 Å². The van der Waals surface area contributed by atoms with Gasteiger partial charge in [-0.3, -0.25) is 9.97 Å². The molecule has 10 rings (SSSR count). The lowest BCUT2D eigenvalue weighted by Crippen LogP contribution is -1.95. The average Bonchev–Trinajstić information content (AvgIpc) is 3.26. The Morgan fingerprint density at radius 2 is 0.778 bits per heavy atom. The molecule has 3 heterocycles. The summed E-state index contributed by atoms with van der Waals surface area (Å²) in [6, 6.07) is 66.6. The number of hydrogen-bond acceptors (Lipinski definition) is 3. The van der Waals surface area contributed by atoms with E-state index in [-0.39, 0.29) is 0 Å². The van der Waals surface area contributed by atoms with Crippen LogP contribution >= 0.6 is 0 Å². The van der Waals surface area contributed by atoms with E-state index in [0.29, 0.717) is 0 Å². The van der Waals surface area contributed by atoms with Crippen molar-refractivity contribution in [3.63, 3.8) is 0 Å². The monoisotopic (exact) mass is 687 g/mol. The van der Waals surface area contributed by atoms with Crippen LogP contribution in [0.5, 0.6) is 0 Å². The van der Waals surface area contributed by atoms with Crippen molar-refractivity contribution >= 4 is 32.6 Å². The molecule has 0 fully saturated rings. The van der Waals surface area contributed by atoms with Gasteiger partial charge in [-0.15, -0.1) is 0 Å². The Morgan fingerprint density at radius 3 is 1.37 bits per heavy atom. The molecule has 54 heavy (non-hydrogen) atoms. The number of fused-ring (bicyclic) bond motifs is 3. The first-order valence-corrected chi connectivity index (χ1v) is 18.2. The lowest BCUT2D eigenvalue weighted by Gasteiger charge is -2.17. The number of benzene rings is 7. The normalized spacial score (nSPS) is 11.3. The molecular weight excluding hydrogens is 655 g/mol. The van der Waals surface area contributed by atoms with Crippen LogP contribution in [-0.2, 0) is 0 Å². The predicted molar refractivity (Wildman–Crippen MR) is 225 cm³/mol. The maximum Gasteiger partial charge on any atom is 0.0788 e. The van der Waals surface area contributed by atoms with Crippen LogP contribution in [0.3, 0.4) is 0 Å². The minimum absolute atomic E-state index is 0.924. The smallest absolute Gasteiger partial charge is 0.0788 e. The van der Waals surface area contributed by atoms with Crippen LogP contribution in [0.4, 0.5) is 0 Å². The van der Waals surface area contributed by atoms with Crippen molar-refractivity contribution < 1.29 is 0 Å². The van der Waals surface area contributed by atoms with Crippen molar-refractivity contribution in [2.75, 3.05) is 0 Å². The van der Waals surface area contributed by atoms with E-state index in [2.05, 4.69) is 164 Å². The summed E-state index contributed by atoms with van der Waals surface area (Å²) in [5, 5.41) is 4.53. The highest BCUT2D eigenvalue weighted by Gasteiger charge is 2.17. The van der Waals surface area contributed by atoms with Gasteiger partial charge in [0.05, 0.1) is 22.4 Å². The summed E-state index contributed by atoms with van der Waals surface area (Å²) in [6.45, 7) is 0. The second kappa shape index (κ2) is 13.4. The Kier molecular flexibility index (Phi) is 7.81. The van der Waals surface area contributed by atoms with Gasteiger partial charge >= 0.3 is 0 Å². The van der Waals surface area contributed by atoms with Gasteiger partial charge < -0.3 is 0 Å². The molecule has 3 heteroatoms. The Hall–Kier alpha value is -7.23. The van der Waals surface area contributed by atoms with Crippen LogP contribution in [0.25, 0.3) is 99.6 Å². The minimum atomic E-state index is 0.924. The third-order valence-electron chi connectivity index (χ3n) is 10.3. The second-order valence-corrected chi connectivity index (χ2v) is 13.7. The van der Waals surface area contributed by atoms with E-state index in [1.54, 1.807) is 0 Å². The molecule has 0 radical (unpaired) electrons. The highest BCUT2D eigenvalue weighted by Crippen LogP contribution is 2.41. The molecule has 0 saturated carbocycles. The fraction of sp³-hybridized carbons (Fsp3) is 0. The summed E-state index contributed by atoms with van der Waals surface area (Å²) < 4.78 is 0. The van der Waals surface area contributed by atoms with Gasteiger partial charge in [-0.05, 0) is 81.2 Å². The minimum Gasteiger partial charge on any atom is -0.256 e. The molecule has 3 nitrogen and oxygen atoms in total. The summed E-state index contributed by atoms with van der Waals surface area (Å²) >= 11 is 0. The standard InChI is InChI=1S/C51H33N3/c1-3-11-34(12-4-1)42-29-45(37-13-5-2-6-14-37)46-31-50(38-23-19-35(20-24-38)43-27-40-15-7-9-17-48(40)52-32-43)54-51(47(46)30-42)39-25-21-36(22-26-39)44-28-41-16-8-10-18-49(41)53-33-44/h1-33H. The van der Waals surface area contributed by atoms with Gasteiger partial charge in [-0.1, -0.05) is 146 Å². The van der Waals surface area contributed by atoms with Gasteiger partial charge in [-0.25, -0.2) is 4.98 Å². The lowest BCUT2D eigenvalue weighted by atomic mass is 9.90.